The third-order valence-electron chi connectivity index (χ3n) is 2.77. The Balaban J connectivity index is 1.97. The molecule has 0 fully saturated rings. The molecule has 0 aromatic carbocycles. The molecule has 0 saturated carbocycles. The van der Waals surface area contributed by atoms with Crippen LogP contribution in [-0.4, -0.2) is 21.0 Å². The van der Waals surface area contributed by atoms with Crippen LogP contribution in [0.2, 0.25) is 0 Å². The van der Waals surface area contributed by atoms with Crippen LogP contribution in [-0.2, 0) is 0 Å². The van der Waals surface area contributed by atoms with Crippen molar-refractivity contribution >= 4 is 17.3 Å². The lowest BCUT2D eigenvalue weighted by atomic mass is 10.2. The smallest absolute Gasteiger partial charge is 0.352 e. The lowest BCUT2D eigenvalue weighted by molar-refractivity contribution is 0.0691. The number of rotatable bonds is 3. The lowest BCUT2D eigenvalue weighted by Gasteiger charge is -1.91. The van der Waals surface area contributed by atoms with Gasteiger partial charge in [-0.25, -0.2) is 9.78 Å². The molecule has 0 radical (unpaired) electrons. The fourth-order valence-electron chi connectivity index (χ4n) is 1.77. The minimum absolute atomic E-state index is 0.152. The maximum Gasteiger partial charge on any atom is 0.352 e. The van der Waals surface area contributed by atoms with E-state index in [9.17, 15) is 4.79 Å². The van der Waals surface area contributed by atoms with Crippen LogP contribution in [0.1, 0.15) is 16.1 Å². The van der Waals surface area contributed by atoms with Gasteiger partial charge in [0.2, 0.25) is 0 Å². The number of aryl methyl sites for hydroxylation is 1. The van der Waals surface area contributed by atoms with Crippen LogP contribution in [0.3, 0.4) is 0 Å². The molecule has 96 valence electrons. The van der Waals surface area contributed by atoms with Crippen LogP contribution in [0, 0.1) is 6.92 Å². The number of thiazole rings is 1. The summed E-state index contributed by atoms with van der Waals surface area (Å²) in [6, 6.07) is 3.45. The Morgan fingerprint density at radius 2 is 2.37 bits per heavy atom. The van der Waals surface area contributed by atoms with Crippen molar-refractivity contribution in [2.24, 2.45) is 0 Å². The number of aromatic carboxylic acids is 1. The highest BCUT2D eigenvalue weighted by Crippen LogP contribution is 2.31. The summed E-state index contributed by atoms with van der Waals surface area (Å²) < 4.78 is 5.39. The van der Waals surface area contributed by atoms with E-state index in [4.69, 9.17) is 9.52 Å². The Bertz CT molecular complexity index is 739. The standard InChI is InChI=1S/C13H10N2O3S/c1-7-2-3-18-11(7)12-15-10(6-19-12)8-4-9(13(16)17)14-5-8/h2-6,14H,1H3,(H,16,17). The summed E-state index contributed by atoms with van der Waals surface area (Å²) in [4.78, 5) is 18.0. The number of nitrogens with one attached hydrogen (secondary N) is 1. The quantitative estimate of drug-likeness (QED) is 0.767. The van der Waals surface area contributed by atoms with Crippen LogP contribution in [0.4, 0.5) is 0 Å². The predicted octanol–water partition coefficient (Wildman–Crippen LogP) is 3.40. The minimum Gasteiger partial charge on any atom is -0.477 e. The molecule has 0 unspecified atom stereocenters. The van der Waals surface area contributed by atoms with Crippen LogP contribution in [0.5, 0.6) is 0 Å². The van der Waals surface area contributed by atoms with Gasteiger partial charge in [-0.15, -0.1) is 11.3 Å². The Morgan fingerprint density at radius 3 is 3.00 bits per heavy atom. The van der Waals surface area contributed by atoms with Gasteiger partial charge in [-0.1, -0.05) is 0 Å². The second-order valence-corrected chi connectivity index (χ2v) is 4.94. The molecule has 2 N–H and O–H groups in total. The zero-order valence-electron chi connectivity index (χ0n) is 10.0. The van der Waals surface area contributed by atoms with Crippen molar-refractivity contribution in [3.63, 3.8) is 0 Å². The molecule has 3 aromatic rings. The maximum atomic E-state index is 10.8. The number of furan rings is 1. The molecule has 0 aliphatic carbocycles. The number of carbonyl (C=O) groups is 1. The normalized spacial score (nSPS) is 10.8. The van der Waals surface area contributed by atoms with Gasteiger partial charge in [0.05, 0.1) is 12.0 Å². The van der Waals surface area contributed by atoms with Gasteiger partial charge in [-0.05, 0) is 24.6 Å². The highest BCUT2D eigenvalue weighted by molar-refractivity contribution is 7.13. The first-order valence-corrected chi connectivity index (χ1v) is 6.45. The van der Waals surface area contributed by atoms with Crippen molar-refractivity contribution in [2.45, 2.75) is 6.92 Å². The summed E-state index contributed by atoms with van der Waals surface area (Å²) in [6.07, 6.45) is 3.27. The molecule has 0 amide bonds. The molecule has 0 aliphatic heterocycles. The zero-order chi connectivity index (χ0) is 13.4. The molecule has 0 bridgehead atoms. The molecule has 0 spiro atoms. The molecule has 0 aliphatic rings. The SMILES string of the molecule is Cc1ccoc1-c1nc(-c2c[nH]c(C(=O)O)c2)cs1. The Hall–Kier alpha value is -2.34. The minimum atomic E-state index is -0.983. The fourth-order valence-corrected chi connectivity index (χ4v) is 2.65. The number of hydrogen-bond donors (Lipinski definition) is 2. The van der Waals surface area contributed by atoms with E-state index in [-0.39, 0.29) is 5.69 Å². The van der Waals surface area contributed by atoms with Gasteiger partial charge in [-0.3, -0.25) is 0 Å². The molecule has 0 atom stereocenters. The van der Waals surface area contributed by atoms with E-state index < -0.39 is 5.97 Å². The zero-order valence-corrected chi connectivity index (χ0v) is 10.8. The second-order valence-electron chi connectivity index (χ2n) is 4.08. The third kappa shape index (κ3) is 2.06. The van der Waals surface area contributed by atoms with Crippen molar-refractivity contribution in [1.29, 1.82) is 0 Å². The predicted molar refractivity (Wildman–Crippen MR) is 71.3 cm³/mol. The highest BCUT2D eigenvalue weighted by atomic mass is 32.1. The van der Waals surface area contributed by atoms with E-state index >= 15 is 0 Å². The Morgan fingerprint density at radius 1 is 1.53 bits per heavy atom. The van der Waals surface area contributed by atoms with Gasteiger partial charge in [-0.2, -0.15) is 0 Å². The van der Waals surface area contributed by atoms with Gasteiger partial charge in [0.15, 0.2) is 10.8 Å². The number of H-pyrrole nitrogens is 1. The second kappa shape index (κ2) is 4.40. The first-order chi connectivity index (χ1) is 9.15. The van der Waals surface area contributed by atoms with Gasteiger partial charge < -0.3 is 14.5 Å². The van der Waals surface area contributed by atoms with Crippen LogP contribution in [0.25, 0.3) is 22.0 Å². The van der Waals surface area contributed by atoms with Crippen LogP contribution in [0.15, 0.2) is 34.4 Å². The van der Waals surface area contributed by atoms with Crippen molar-refractivity contribution in [3.8, 4) is 22.0 Å². The lowest BCUT2D eigenvalue weighted by Crippen LogP contribution is -1.94. The monoisotopic (exact) mass is 274 g/mol. The molecule has 0 saturated heterocycles. The average Bonchev–Trinajstić information content (AvgIpc) is 3.07. The number of carboxylic acid groups (broad SMARTS) is 1. The molecule has 3 rings (SSSR count). The number of aromatic nitrogens is 2. The fraction of sp³-hybridized carbons (Fsp3) is 0.0769. The summed E-state index contributed by atoms with van der Waals surface area (Å²) >= 11 is 1.47. The van der Waals surface area contributed by atoms with Crippen molar-refractivity contribution in [2.75, 3.05) is 0 Å². The van der Waals surface area contributed by atoms with E-state index in [1.165, 1.54) is 11.3 Å². The third-order valence-corrected chi connectivity index (χ3v) is 3.61. The summed E-state index contributed by atoms with van der Waals surface area (Å²) in [5.74, 6) is -0.228. The average molecular weight is 274 g/mol. The molecule has 19 heavy (non-hydrogen) atoms. The Labute approximate surface area is 112 Å². The molecule has 5 nitrogen and oxygen atoms in total. The number of carboxylic acids is 1. The Kier molecular flexibility index (Phi) is 2.72. The van der Waals surface area contributed by atoms with Crippen molar-refractivity contribution in [3.05, 3.63) is 41.2 Å². The van der Waals surface area contributed by atoms with E-state index in [0.717, 1.165) is 27.6 Å². The van der Waals surface area contributed by atoms with Crippen LogP contribution < -0.4 is 0 Å². The first-order valence-electron chi connectivity index (χ1n) is 5.57. The van der Waals surface area contributed by atoms with E-state index in [1.54, 1.807) is 18.5 Å². The summed E-state index contributed by atoms with van der Waals surface area (Å²) in [7, 11) is 0. The van der Waals surface area contributed by atoms with E-state index in [1.807, 2.05) is 18.4 Å². The number of nitrogens with zero attached hydrogens (tertiary/aromatic N) is 1. The number of aromatic amines is 1. The molecule has 3 aromatic heterocycles. The summed E-state index contributed by atoms with van der Waals surface area (Å²) in [6.45, 7) is 1.96. The molecule has 3 heterocycles. The molecule has 6 heteroatoms. The van der Waals surface area contributed by atoms with E-state index in [2.05, 4.69) is 9.97 Å². The highest BCUT2D eigenvalue weighted by Gasteiger charge is 2.13. The van der Waals surface area contributed by atoms with Gasteiger partial charge in [0.1, 0.15) is 5.69 Å². The molecular weight excluding hydrogens is 264 g/mol. The van der Waals surface area contributed by atoms with Crippen molar-refractivity contribution < 1.29 is 14.3 Å². The van der Waals surface area contributed by atoms with Gasteiger partial charge in [0, 0.05) is 17.1 Å². The maximum absolute atomic E-state index is 10.8. The van der Waals surface area contributed by atoms with Crippen LogP contribution >= 0.6 is 11.3 Å². The number of hydrogen-bond acceptors (Lipinski definition) is 4. The van der Waals surface area contributed by atoms with Gasteiger partial charge >= 0.3 is 5.97 Å². The van der Waals surface area contributed by atoms with E-state index in [0.29, 0.717) is 0 Å². The molecular formula is C13H10N2O3S. The topological polar surface area (TPSA) is 79.1 Å². The van der Waals surface area contributed by atoms with Crippen molar-refractivity contribution in [1.82, 2.24) is 9.97 Å². The largest absolute Gasteiger partial charge is 0.477 e. The van der Waals surface area contributed by atoms with Gasteiger partial charge in [0.25, 0.3) is 0 Å². The first kappa shape index (κ1) is 11.7. The summed E-state index contributed by atoms with van der Waals surface area (Å²) in [5.41, 5.74) is 2.67. The summed E-state index contributed by atoms with van der Waals surface area (Å²) in [5, 5.41) is 11.5.